The molecule has 0 unspecified atom stereocenters. The van der Waals surface area contributed by atoms with E-state index >= 15 is 0 Å². The van der Waals surface area contributed by atoms with Crippen molar-refractivity contribution in [3.8, 4) is 0 Å². The number of nitrogens with one attached hydrogen (secondary N) is 1. The highest BCUT2D eigenvalue weighted by Crippen LogP contribution is 2.27. The molecule has 0 bridgehead atoms. The Bertz CT molecular complexity index is 1030. The first kappa shape index (κ1) is 22.3. The molecule has 0 aliphatic carbocycles. The highest BCUT2D eigenvalue weighted by atomic mass is 32.2. The Morgan fingerprint density at radius 3 is 2.56 bits per heavy atom. The van der Waals surface area contributed by atoms with Crippen molar-refractivity contribution >= 4 is 23.5 Å². The Morgan fingerprint density at radius 2 is 1.88 bits per heavy atom. The summed E-state index contributed by atoms with van der Waals surface area (Å²) < 4.78 is 0. The van der Waals surface area contributed by atoms with Crippen LogP contribution in [0.15, 0.2) is 60.0 Å². The summed E-state index contributed by atoms with van der Waals surface area (Å²) >= 11 is 1.64. The molecule has 1 fully saturated rings. The minimum Gasteiger partial charge on any atom is -0.356 e. The third kappa shape index (κ3) is 5.85. The number of thioether (sulfide) groups is 1. The number of benzene rings is 1. The van der Waals surface area contributed by atoms with Gasteiger partial charge >= 0.3 is 0 Å². The third-order valence-corrected chi connectivity index (χ3v) is 6.41. The van der Waals surface area contributed by atoms with E-state index in [1.807, 2.05) is 36.4 Å². The molecule has 166 valence electrons. The van der Waals surface area contributed by atoms with E-state index in [0.717, 1.165) is 46.6 Å². The fourth-order valence-electron chi connectivity index (χ4n) is 3.59. The number of anilines is 1. The van der Waals surface area contributed by atoms with Gasteiger partial charge in [0.05, 0.1) is 0 Å². The van der Waals surface area contributed by atoms with E-state index in [2.05, 4.69) is 35.1 Å². The fraction of sp³-hybridized carbons (Fsp3) is 0.360. The lowest BCUT2D eigenvalue weighted by Crippen LogP contribution is -2.22. The van der Waals surface area contributed by atoms with Crippen LogP contribution in [0.4, 0.5) is 5.82 Å². The standard InChI is InChI=1S/C25H29N5OS/c1-18(2)22-14-23(30-12-3-4-13-30)29-25(28-22)32-17-19-7-9-21(10-8-19)24(31)27-16-20-6-5-11-26-15-20/h5-11,14-15,18H,3-4,12-13,16-17H2,1-2H3,(H,27,31). The predicted octanol–water partition coefficient (Wildman–Crippen LogP) is 4.82. The van der Waals surface area contributed by atoms with E-state index < -0.39 is 0 Å². The molecule has 0 spiro atoms. The van der Waals surface area contributed by atoms with E-state index in [9.17, 15) is 4.79 Å². The predicted molar refractivity (Wildman–Crippen MR) is 129 cm³/mol. The van der Waals surface area contributed by atoms with Crippen LogP contribution >= 0.6 is 11.8 Å². The molecule has 4 rings (SSSR count). The SMILES string of the molecule is CC(C)c1cc(N2CCCC2)nc(SCc2ccc(C(=O)NCc3cccnc3)cc2)n1. The molecule has 1 aliphatic rings. The van der Waals surface area contributed by atoms with Crippen LogP contribution in [-0.2, 0) is 12.3 Å². The van der Waals surface area contributed by atoms with Crippen molar-refractivity contribution in [2.24, 2.45) is 0 Å². The van der Waals surface area contributed by atoms with Gasteiger partial charge in [0.15, 0.2) is 5.16 Å². The number of pyridine rings is 1. The number of aromatic nitrogens is 3. The van der Waals surface area contributed by atoms with Gasteiger partial charge in [0, 0.05) is 55.1 Å². The van der Waals surface area contributed by atoms with Crippen molar-refractivity contribution in [2.45, 2.75) is 50.1 Å². The van der Waals surface area contributed by atoms with Crippen LogP contribution in [0.2, 0.25) is 0 Å². The van der Waals surface area contributed by atoms with Crippen LogP contribution in [0, 0.1) is 0 Å². The summed E-state index contributed by atoms with van der Waals surface area (Å²) in [5.74, 6) is 2.09. The number of nitrogens with zero attached hydrogens (tertiary/aromatic N) is 4. The van der Waals surface area contributed by atoms with E-state index in [1.54, 1.807) is 24.2 Å². The summed E-state index contributed by atoms with van der Waals surface area (Å²) in [7, 11) is 0. The maximum Gasteiger partial charge on any atom is 0.251 e. The van der Waals surface area contributed by atoms with Gasteiger partial charge in [-0.2, -0.15) is 0 Å². The molecule has 7 heteroatoms. The first-order valence-electron chi connectivity index (χ1n) is 11.1. The van der Waals surface area contributed by atoms with Gasteiger partial charge in [-0.25, -0.2) is 9.97 Å². The fourth-order valence-corrected chi connectivity index (χ4v) is 4.40. The molecule has 6 nitrogen and oxygen atoms in total. The summed E-state index contributed by atoms with van der Waals surface area (Å²) in [6, 6.07) is 13.7. The molecule has 0 atom stereocenters. The van der Waals surface area contributed by atoms with Crippen molar-refractivity contribution < 1.29 is 4.79 Å². The van der Waals surface area contributed by atoms with E-state index in [4.69, 9.17) is 9.97 Å². The summed E-state index contributed by atoms with van der Waals surface area (Å²) in [5.41, 5.74) is 3.85. The Balaban J connectivity index is 1.37. The normalized spacial score (nSPS) is 13.5. The molecule has 3 aromatic rings. The van der Waals surface area contributed by atoms with E-state index in [1.165, 1.54) is 12.8 Å². The quantitative estimate of drug-likeness (QED) is 0.394. The molecule has 1 aliphatic heterocycles. The van der Waals surface area contributed by atoms with E-state index in [0.29, 0.717) is 18.0 Å². The minimum absolute atomic E-state index is 0.0868. The summed E-state index contributed by atoms with van der Waals surface area (Å²) in [5, 5.41) is 3.75. The zero-order valence-corrected chi connectivity index (χ0v) is 19.4. The van der Waals surface area contributed by atoms with Gasteiger partial charge < -0.3 is 10.2 Å². The van der Waals surface area contributed by atoms with Crippen LogP contribution in [-0.4, -0.2) is 33.9 Å². The maximum atomic E-state index is 12.4. The number of carbonyl (C=O) groups excluding carboxylic acids is 1. The van der Waals surface area contributed by atoms with Crippen LogP contribution < -0.4 is 10.2 Å². The number of rotatable bonds is 8. The zero-order valence-electron chi connectivity index (χ0n) is 18.6. The van der Waals surface area contributed by atoms with Gasteiger partial charge in [0.1, 0.15) is 5.82 Å². The zero-order chi connectivity index (χ0) is 22.3. The average molecular weight is 448 g/mol. The lowest BCUT2D eigenvalue weighted by atomic mass is 10.1. The highest BCUT2D eigenvalue weighted by molar-refractivity contribution is 7.98. The number of hydrogen-bond donors (Lipinski definition) is 1. The lowest BCUT2D eigenvalue weighted by molar-refractivity contribution is 0.0951. The summed E-state index contributed by atoms with van der Waals surface area (Å²) in [6.45, 7) is 6.95. The highest BCUT2D eigenvalue weighted by Gasteiger charge is 2.17. The molecule has 0 radical (unpaired) electrons. The molecular formula is C25H29N5OS. The van der Waals surface area contributed by atoms with Gasteiger partial charge in [-0.05, 0) is 48.1 Å². The summed E-state index contributed by atoms with van der Waals surface area (Å²) in [6.07, 6.45) is 5.93. The second-order valence-corrected chi connectivity index (χ2v) is 9.25. The van der Waals surface area contributed by atoms with Crippen molar-refractivity contribution in [1.82, 2.24) is 20.3 Å². The third-order valence-electron chi connectivity index (χ3n) is 5.49. The van der Waals surface area contributed by atoms with Crippen LogP contribution in [0.3, 0.4) is 0 Å². The van der Waals surface area contributed by atoms with Gasteiger partial charge in [-0.15, -0.1) is 0 Å². The number of hydrogen-bond acceptors (Lipinski definition) is 6. The first-order chi connectivity index (χ1) is 15.6. The Labute approximate surface area is 193 Å². The van der Waals surface area contributed by atoms with E-state index in [-0.39, 0.29) is 5.91 Å². The molecule has 32 heavy (non-hydrogen) atoms. The Morgan fingerprint density at radius 1 is 1.09 bits per heavy atom. The maximum absolute atomic E-state index is 12.4. The van der Waals surface area contributed by atoms with Crippen LogP contribution in [0.5, 0.6) is 0 Å². The molecule has 1 amide bonds. The largest absolute Gasteiger partial charge is 0.356 e. The second-order valence-electron chi connectivity index (χ2n) is 8.31. The van der Waals surface area contributed by atoms with Gasteiger partial charge in [-0.3, -0.25) is 9.78 Å². The van der Waals surface area contributed by atoms with Crippen LogP contribution in [0.25, 0.3) is 0 Å². The minimum atomic E-state index is -0.0868. The van der Waals surface area contributed by atoms with Gasteiger partial charge in [0.25, 0.3) is 5.91 Å². The lowest BCUT2D eigenvalue weighted by Gasteiger charge is -2.18. The molecule has 1 N–H and O–H groups in total. The van der Waals surface area contributed by atoms with Crippen molar-refractivity contribution in [3.05, 3.63) is 77.2 Å². The second kappa shape index (κ2) is 10.6. The summed E-state index contributed by atoms with van der Waals surface area (Å²) in [4.78, 5) is 28.4. The smallest absolute Gasteiger partial charge is 0.251 e. The first-order valence-corrected chi connectivity index (χ1v) is 12.1. The molecule has 0 saturated carbocycles. The monoisotopic (exact) mass is 447 g/mol. The topological polar surface area (TPSA) is 71.0 Å². The molecule has 3 heterocycles. The molecule has 1 saturated heterocycles. The van der Waals surface area contributed by atoms with Crippen LogP contribution in [0.1, 0.15) is 59.8 Å². The van der Waals surface area contributed by atoms with Gasteiger partial charge in [-0.1, -0.05) is 43.8 Å². The van der Waals surface area contributed by atoms with Crippen molar-refractivity contribution in [1.29, 1.82) is 0 Å². The molecule has 1 aromatic carbocycles. The van der Waals surface area contributed by atoms with Gasteiger partial charge in [0.2, 0.25) is 0 Å². The Kier molecular flexibility index (Phi) is 7.37. The number of carbonyl (C=O) groups is 1. The Hall–Kier alpha value is -2.93. The average Bonchev–Trinajstić information content (AvgIpc) is 3.37. The molecule has 2 aromatic heterocycles. The van der Waals surface area contributed by atoms with Crippen molar-refractivity contribution in [2.75, 3.05) is 18.0 Å². The number of amides is 1. The van der Waals surface area contributed by atoms with Crippen molar-refractivity contribution in [3.63, 3.8) is 0 Å². The molecular weight excluding hydrogens is 418 g/mol.